The van der Waals surface area contributed by atoms with Gasteiger partial charge in [-0.1, -0.05) is 12.1 Å². The molecule has 1 atom stereocenters. The van der Waals surface area contributed by atoms with Crippen molar-refractivity contribution in [1.82, 2.24) is 25.1 Å². The quantitative estimate of drug-likeness (QED) is 0.513. The highest BCUT2D eigenvalue weighted by atomic mass is 16.7. The molecule has 35 heavy (non-hydrogen) atoms. The van der Waals surface area contributed by atoms with Crippen molar-refractivity contribution in [2.24, 2.45) is 11.7 Å². The van der Waals surface area contributed by atoms with E-state index in [4.69, 9.17) is 24.7 Å². The fourth-order valence-corrected chi connectivity index (χ4v) is 4.72. The molecule has 1 amide bonds. The number of hydrogen-bond acceptors (Lipinski definition) is 9. The van der Waals surface area contributed by atoms with Gasteiger partial charge in [-0.05, 0) is 71.8 Å². The molecule has 2 N–H and O–H groups in total. The lowest BCUT2D eigenvalue weighted by Crippen LogP contribution is -2.41. The number of carbonyl (C=O) groups is 1. The molecule has 5 rings (SSSR count). The summed E-state index contributed by atoms with van der Waals surface area (Å²) < 4.78 is 23.7. The molecule has 0 saturated carbocycles. The maximum absolute atomic E-state index is 11.7. The number of amides is 1. The molecule has 11 nitrogen and oxygen atoms in total. The van der Waals surface area contributed by atoms with Crippen molar-refractivity contribution >= 4 is 5.91 Å². The fourth-order valence-electron chi connectivity index (χ4n) is 4.72. The van der Waals surface area contributed by atoms with Crippen LogP contribution in [0.15, 0.2) is 36.4 Å². The lowest BCUT2D eigenvalue weighted by atomic mass is 9.93. The molecule has 3 aromatic rings. The average molecular weight is 481 g/mol. The van der Waals surface area contributed by atoms with Gasteiger partial charge in [-0.15, -0.1) is 5.10 Å². The van der Waals surface area contributed by atoms with Gasteiger partial charge in [-0.2, -0.15) is 0 Å². The second kappa shape index (κ2) is 9.79. The summed E-state index contributed by atoms with van der Waals surface area (Å²) in [7, 11) is 3.22. The van der Waals surface area contributed by atoms with Crippen LogP contribution in [0.2, 0.25) is 0 Å². The maximum atomic E-state index is 11.7. The van der Waals surface area contributed by atoms with Crippen LogP contribution >= 0.6 is 0 Å². The molecule has 2 aliphatic heterocycles. The number of likely N-dealkylation sites (tertiary alicyclic amines) is 1. The number of benzene rings is 2. The first-order valence-corrected chi connectivity index (χ1v) is 11.5. The van der Waals surface area contributed by atoms with E-state index in [9.17, 15) is 4.79 Å². The summed E-state index contributed by atoms with van der Waals surface area (Å²) in [6.45, 7) is 2.05. The standard InChI is InChI=1S/C24H28N6O5/c1-32-18-6-4-17(12-20(18)33-2)22(29-9-7-16(8-10-29)23(25)31)24-26-27-28-30(24)13-15-3-5-19-21(11-15)35-14-34-19/h3-6,11-12,16,22H,7-10,13-14H2,1-2H3,(H2,25,31)/t22-/m1/s1. The zero-order valence-corrected chi connectivity index (χ0v) is 19.7. The van der Waals surface area contributed by atoms with Gasteiger partial charge in [0.05, 0.1) is 26.8 Å². The molecule has 1 fully saturated rings. The smallest absolute Gasteiger partial charge is 0.231 e. The lowest BCUT2D eigenvalue weighted by Gasteiger charge is -2.36. The summed E-state index contributed by atoms with van der Waals surface area (Å²) in [5, 5.41) is 12.7. The third-order valence-corrected chi connectivity index (χ3v) is 6.59. The zero-order valence-electron chi connectivity index (χ0n) is 19.7. The van der Waals surface area contributed by atoms with Crippen LogP contribution in [0.3, 0.4) is 0 Å². The van der Waals surface area contributed by atoms with Gasteiger partial charge in [-0.25, -0.2) is 4.68 Å². The van der Waals surface area contributed by atoms with E-state index in [0.29, 0.717) is 55.5 Å². The summed E-state index contributed by atoms with van der Waals surface area (Å²) in [4.78, 5) is 14.0. The van der Waals surface area contributed by atoms with Gasteiger partial charge in [0.1, 0.15) is 0 Å². The highest BCUT2D eigenvalue weighted by Gasteiger charge is 2.33. The lowest BCUT2D eigenvalue weighted by molar-refractivity contribution is -0.123. The van der Waals surface area contributed by atoms with E-state index in [1.807, 2.05) is 36.4 Å². The number of fused-ring (bicyclic) bond motifs is 1. The predicted molar refractivity (Wildman–Crippen MR) is 124 cm³/mol. The number of nitrogens with zero attached hydrogens (tertiary/aromatic N) is 5. The normalized spacial score (nSPS) is 16.7. The van der Waals surface area contributed by atoms with Crippen molar-refractivity contribution in [2.75, 3.05) is 34.1 Å². The third kappa shape index (κ3) is 4.59. The Labute approximate surface area is 202 Å². The first kappa shape index (κ1) is 22.9. The highest BCUT2D eigenvalue weighted by Crippen LogP contribution is 2.37. The van der Waals surface area contributed by atoms with Crippen LogP contribution in [-0.4, -0.2) is 65.1 Å². The topological polar surface area (TPSA) is 127 Å². The first-order chi connectivity index (χ1) is 17.1. The second-order valence-corrected chi connectivity index (χ2v) is 8.61. The van der Waals surface area contributed by atoms with E-state index in [1.54, 1.807) is 18.9 Å². The Balaban J connectivity index is 1.49. The minimum absolute atomic E-state index is 0.123. The monoisotopic (exact) mass is 480 g/mol. The van der Waals surface area contributed by atoms with Crippen molar-refractivity contribution in [1.29, 1.82) is 0 Å². The highest BCUT2D eigenvalue weighted by molar-refractivity contribution is 5.76. The Morgan fingerprint density at radius 1 is 1.09 bits per heavy atom. The SMILES string of the molecule is COc1ccc([C@H](c2nnnn2Cc2ccc3c(c2)OCO3)N2CCC(C(N)=O)CC2)cc1OC. The Bertz CT molecular complexity index is 1210. The number of tetrazole rings is 1. The molecule has 184 valence electrons. The van der Waals surface area contributed by atoms with Gasteiger partial charge < -0.3 is 24.7 Å². The van der Waals surface area contributed by atoms with Gasteiger partial charge >= 0.3 is 0 Å². The Morgan fingerprint density at radius 3 is 2.60 bits per heavy atom. The van der Waals surface area contributed by atoms with E-state index < -0.39 is 0 Å². The molecule has 0 radical (unpaired) electrons. The van der Waals surface area contributed by atoms with Crippen LogP contribution in [-0.2, 0) is 11.3 Å². The summed E-state index contributed by atoms with van der Waals surface area (Å²) in [5.41, 5.74) is 7.52. The van der Waals surface area contributed by atoms with Crippen LogP contribution in [0, 0.1) is 5.92 Å². The van der Waals surface area contributed by atoms with E-state index in [1.165, 1.54) is 0 Å². The van der Waals surface area contributed by atoms with E-state index >= 15 is 0 Å². The molecule has 1 aromatic heterocycles. The van der Waals surface area contributed by atoms with Crippen LogP contribution in [0.25, 0.3) is 0 Å². The minimum atomic E-state index is -0.257. The molecule has 0 spiro atoms. The average Bonchev–Trinajstić information content (AvgIpc) is 3.54. The fraction of sp³-hybridized carbons (Fsp3) is 0.417. The summed E-state index contributed by atoms with van der Waals surface area (Å²) in [5.74, 6) is 3.02. The van der Waals surface area contributed by atoms with Crippen LogP contribution in [0.4, 0.5) is 0 Å². The van der Waals surface area contributed by atoms with Crippen molar-refractivity contribution in [3.63, 3.8) is 0 Å². The summed E-state index contributed by atoms with van der Waals surface area (Å²) >= 11 is 0. The predicted octanol–water partition coefficient (Wildman–Crippen LogP) is 1.75. The van der Waals surface area contributed by atoms with Gasteiger partial charge in [0.25, 0.3) is 0 Å². The van der Waals surface area contributed by atoms with E-state index in [2.05, 4.69) is 20.4 Å². The number of primary amides is 1. The van der Waals surface area contributed by atoms with Crippen LogP contribution in [0.5, 0.6) is 23.0 Å². The molecule has 2 aliphatic rings. The Hall–Kier alpha value is -3.86. The molecule has 0 aliphatic carbocycles. The zero-order chi connectivity index (χ0) is 24.4. The number of hydrogen-bond donors (Lipinski definition) is 1. The number of rotatable bonds is 8. The summed E-state index contributed by atoms with van der Waals surface area (Å²) in [6, 6.07) is 11.4. The van der Waals surface area contributed by atoms with Crippen LogP contribution in [0.1, 0.15) is 35.8 Å². The third-order valence-electron chi connectivity index (χ3n) is 6.59. The number of ether oxygens (including phenoxy) is 4. The van der Waals surface area contributed by atoms with Crippen molar-refractivity contribution in [2.45, 2.75) is 25.4 Å². The number of nitrogens with two attached hydrogens (primary N) is 1. The first-order valence-electron chi connectivity index (χ1n) is 11.5. The van der Waals surface area contributed by atoms with Gasteiger partial charge in [0.2, 0.25) is 12.7 Å². The van der Waals surface area contributed by atoms with Gasteiger partial charge in [0.15, 0.2) is 28.8 Å². The van der Waals surface area contributed by atoms with Gasteiger partial charge in [-0.3, -0.25) is 9.69 Å². The Morgan fingerprint density at radius 2 is 1.86 bits per heavy atom. The maximum Gasteiger partial charge on any atom is 0.231 e. The second-order valence-electron chi connectivity index (χ2n) is 8.61. The summed E-state index contributed by atoms with van der Waals surface area (Å²) in [6.07, 6.45) is 1.37. The van der Waals surface area contributed by atoms with Crippen molar-refractivity contribution in [3.8, 4) is 23.0 Å². The number of piperidine rings is 1. The number of methoxy groups -OCH3 is 2. The number of carbonyl (C=O) groups excluding carboxylic acids is 1. The van der Waals surface area contributed by atoms with Crippen molar-refractivity contribution in [3.05, 3.63) is 53.3 Å². The molecular weight excluding hydrogens is 452 g/mol. The van der Waals surface area contributed by atoms with E-state index in [0.717, 1.165) is 16.9 Å². The Kier molecular flexibility index (Phi) is 6.41. The van der Waals surface area contributed by atoms with Crippen LogP contribution < -0.4 is 24.7 Å². The number of aromatic nitrogens is 4. The molecule has 1 saturated heterocycles. The van der Waals surface area contributed by atoms with Crippen molar-refractivity contribution < 1.29 is 23.7 Å². The van der Waals surface area contributed by atoms with E-state index in [-0.39, 0.29) is 24.7 Å². The molecule has 11 heteroatoms. The molecule has 3 heterocycles. The molecule has 0 bridgehead atoms. The molecule has 0 unspecified atom stereocenters. The molecular formula is C24H28N6O5. The molecule has 2 aromatic carbocycles. The largest absolute Gasteiger partial charge is 0.493 e. The van der Waals surface area contributed by atoms with Gasteiger partial charge in [0, 0.05) is 5.92 Å². The minimum Gasteiger partial charge on any atom is -0.493 e.